The molecule has 3 aromatic heterocycles. The van der Waals surface area contributed by atoms with Crippen LogP contribution in [0.2, 0.25) is 0 Å². The van der Waals surface area contributed by atoms with E-state index in [4.69, 9.17) is 4.74 Å². The van der Waals surface area contributed by atoms with E-state index in [-0.39, 0.29) is 23.4 Å². The molecule has 0 fully saturated rings. The van der Waals surface area contributed by atoms with Gasteiger partial charge in [-0.05, 0) is 31.5 Å². The smallest absolute Gasteiger partial charge is 0.359 e. The number of fused-ring (bicyclic) bond motifs is 2. The normalized spacial score (nSPS) is 11.2. The molecule has 0 spiro atoms. The average Bonchev–Trinajstić information content (AvgIpc) is 2.77. The molecule has 4 rings (SSSR count). The van der Waals surface area contributed by atoms with Gasteiger partial charge in [0.2, 0.25) is 0 Å². The van der Waals surface area contributed by atoms with Crippen molar-refractivity contribution in [3.8, 4) is 0 Å². The monoisotopic (exact) mass is 418 g/mol. The fraction of sp³-hybridized carbons (Fsp3) is 0.261. The molecule has 0 aliphatic carbocycles. The lowest BCUT2D eigenvalue weighted by Gasteiger charge is -2.11. The van der Waals surface area contributed by atoms with Crippen LogP contribution in [0, 0.1) is 6.92 Å². The molecule has 0 aliphatic rings. The second-order valence-electron chi connectivity index (χ2n) is 7.30. The molecule has 0 saturated carbocycles. The predicted octanol–water partition coefficient (Wildman–Crippen LogP) is 2.87. The Morgan fingerprint density at radius 2 is 1.84 bits per heavy atom. The van der Waals surface area contributed by atoms with E-state index in [1.54, 1.807) is 30.3 Å². The van der Waals surface area contributed by atoms with E-state index in [1.165, 1.54) is 15.1 Å². The summed E-state index contributed by atoms with van der Waals surface area (Å²) in [6, 6.07) is 13.5. The Labute approximate surface area is 177 Å². The molecule has 0 aliphatic heterocycles. The highest BCUT2D eigenvalue weighted by molar-refractivity contribution is 6.02. The van der Waals surface area contributed by atoms with E-state index in [2.05, 4.69) is 10.1 Å². The molecule has 0 unspecified atom stereocenters. The molecule has 8 heteroatoms. The van der Waals surface area contributed by atoms with Crippen molar-refractivity contribution in [2.75, 3.05) is 0 Å². The lowest BCUT2D eigenvalue weighted by molar-refractivity contribution is 0.0460. The summed E-state index contributed by atoms with van der Waals surface area (Å²) in [6.07, 6.45) is 1.66. The fourth-order valence-electron chi connectivity index (χ4n) is 3.49. The molecular weight excluding hydrogens is 396 g/mol. The summed E-state index contributed by atoms with van der Waals surface area (Å²) in [4.78, 5) is 42.4. The summed E-state index contributed by atoms with van der Waals surface area (Å²) in [5.41, 5.74) is 1.18. The van der Waals surface area contributed by atoms with Crippen LogP contribution in [0.25, 0.3) is 16.4 Å². The Kier molecular flexibility index (Phi) is 5.62. The quantitative estimate of drug-likeness (QED) is 0.447. The highest BCUT2D eigenvalue weighted by atomic mass is 16.5. The van der Waals surface area contributed by atoms with Crippen LogP contribution in [0.5, 0.6) is 0 Å². The number of rotatable bonds is 6. The second-order valence-corrected chi connectivity index (χ2v) is 7.30. The summed E-state index contributed by atoms with van der Waals surface area (Å²) in [5.74, 6) is -0.673. The van der Waals surface area contributed by atoms with Crippen LogP contribution < -0.4 is 11.1 Å². The van der Waals surface area contributed by atoms with Crippen LogP contribution in [0.1, 0.15) is 41.6 Å². The first-order chi connectivity index (χ1) is 15.0. The van der Waals surface area contributed by atoms with Crippen molar-refractivity contribution in [1.82, 2.24) is 19.2 Å². The SMILES string of the molecule is CCCCn1nc(C(=O)OCc2cc(=O)n3c(C)cccc3n2)c2ccccc2c1=O. The number of aryl methyl sites for hydroxylation is 2. The Hall–Kier alpha value is -3.81. The third-order valence-corrected chi connectivity index (χ3v) is 5.07. The van der Waals surface area contributed by atoms with Gasteiger partial charge in [0, 0.05) is 23.7 Å². The maximum atomic E-state index is 12.9. The zero-order chi connectivity index (χ0) is 22.0. The minimum Gasteiger partial charge on any atom is -0.454 e. The number of unbranched alkanes of at least 4 members (excludes halogenated alkanes) is 1. The Balaban J connectivity index is 1.66. The molecule has 8 nitrogen and oxygen atoms in total. The number of carbonyl (C=O) groups excluding carboxylic acids is 1. The molecule has 1 aromatic carbocycles. The molecule has 0 bridgehead atoms. The van der Waals surface area contributed by atoms with Crippen LogP contribution in [0.4, 0.5) is 0 Å². The van der Waals surface area contributed by atoms with Crippen LogP contribution in [0.15, 0.2) is 58.1 Å². The zero-order valence-corrected chi connectivity index (χ0v) is 17.4. The number of hydrogen-bond donors (Lipinski definition) is 0. The molecule has 158 valence electrons. The van der Waals surface area contributed by atoms with Gasteiger partial charge in [0.15, 0.2) is 5.69 Å². The summed E-state index contributed by atoms with van der Waals surface area (Å²) >= 11 is 0. The van der Waals surface area contributed by atoms with Crippen molar-refractivity contribution in [1.29, 1.82) is 0 Å². The number of benzene rings is 1. The average molecular weight is 418 g/mol. The van der Waals surface area contributed by atoms with Crippen LogP contribution in [0.3, 0.4) is 0 Å². The molecule has 0 amide bonds. The van der Waals surface area contributed by atoms with Crippen molar-refractivity contribution < 1.29 is 9.53 Å². The third-order valence-electron chi connectivity index (χ3n) is 5.07. The van der Waals surface area contributed by atoms with Gasteiger partial charge in [-0.3, -0.25) is 14.0 Å². The fourth-order valence-corrected chi connectivity index (χ4v) is 3.49. The topological polar surface area (TPSA) is 95.6 Å². The van der Waals surface area contributed by atoms with E-state index in [9.17, 15) is 14.4 Å². The minimum absolute atomic E-state index is 0.0691. The summed E-state index contributed by atoms with van der Waals surface area (Å²) in [6.45, 7) is 4.08. The predicted molar refractivity (Wildman–Crippen MR) is 116 cm³/mol. The van der Waals surface area contributed by atoms with E-state index in [0.717, 1.165) is 18.5 Å². The van der Waals surface area contributed by atoms with Crippen molar-refractivity contribution in [3.05, 3.63) is 86.3 Å². The zero-order valence-electron chi connectivity index (χ0n) is 17.4. The third kappa shape index (κ3) is 3.96. The van der Waals surface area contributed by atoms with E-state index in [1.807, 2.05) is 26.0 Å². The summed E-state index contributed by atoms with van der Waals surface area (Å²) < 4.78 is 8.23. The first kappa shape index (κ1) is 20.5. The number of carbonyl (C=O) groups is 1. The van der Waals surface area contributed by atoms with Gasteiger partial charge >= 0.3 is 5.97 Å². The molecule has 3 heterocycles. The lowest BCUT2D eigenvalue weighted by Crippen LogP contribution is -2.26. The van der Waals surface area contributed by atoms with Crippen molar-refractivity contribution in [2.24, 2.45) is 0 Å². The van der Waals surface area contributed by atoms with Gasteiger partial charge in [-0.1, -0.05) is 37.6 Å². The van der Waals surface area contributed by atoms with Gasteiger partial charge in [0.05, 0.1) is 11.1 Å². The molecule has 0 N–H and O–H groups in total. The molecule has 31 heavy (non-hydrogen) atoms. The van der Waals surface area contributed by atoms with Crippen LogP contribution in [-0.2, 0) is 17.9 Å². The highest BCUT2D eigenvalue weighted by Gasteiger charge is 2.18. The van der Waals surface area contributed by atoms with E-state index >= 15 is 0 Å². The molecule has 0 atom stereocenters. The first-order valence-corrected chi connectivity index (χ1v) is 10.1. The van der Waals surface area contributed by atoms with Gasteiger partial charge < -0.3 is 4.74 Å². The maximum absolute atomic E-state index is 12.9. The maximum Gasteiger partial charge on any atom is 0.359 e. The number of ether oxygens (including phenoxy) is 1. The molecule has 4 aromatic rings. The number of hydrogen-bond acceptors (Lipinski definition) is 6. The molecule has 0 saturated heterocycles. The van der Waals surface area contributed by atoms with Crippen molar-refractivity contribution in [3.63, 3.8) is 0 Å². The van der Waals surface area contributed by atoms with Gasteiger partial charge in [-0.15, -0.1) is 0 Å². The number of esters is 1. The van der Waals surface area contributed by atoms with Crippen molar-refractivity contribution in [2.45, 2.75) is 39.8 Å². The first-order valence-electron chi connectivity index (χ1n) is 10.1. The van der Waals surface area contributed by atoms with Gasteiger partial charge in [0.25, 0.3) is 11.1 Å². The second kappa shape index (κ2) is 8.51. The van der Waals surface area contributed by atoms with E-state index in [0.29, 0.717) is 28.7 Å². The minimum atomic E-state index is -0.673. The standard InChI is InChI=1S/C23H22N4O4/c1-3-4-12-26-22(29)18-10-6-5-9-17(18)21(25-26)23(30)31-14-16-13-20(28)27-15(2)8-7-11-19(27)24-16/h5-11,13H,3-4,12,14H2,1-2H3. The Bertz CT molecular complexity index is 1400. The van der Waals surface area contributed by atoms with Gasteiger partial charge in [-0.25, -0.2) is 14.5 Å². The highest BCUT2D eigenvalue weighted by Crippen LogP contribution is 2.15. The Morgan fingerprint density at radius 3 is 2.61 bits per heavy atom. The number of nitrogens with zero attached hydrogens (tertiary/aromatic N) is 4. The van der Waals surface area contributed by atoms with Crippen molar-refractivity contribution >= 4 is 22.4 Å². The lowest BCUT2D eigenvalue weighted by atomic mass is 10.1. The number of pyridine rings is 1. The summed E-state index contributed by atoms with van der Waals surface area (Å²) in [5, 5.41) is 5.12. The summed E-state index contributed by atoms with van der Waals surface area (Å²) in [7, 11) is 0. The largest absolute Gasteiger partial charge is 0.454 e. The van der Waals surface area contributed by atoms with Gasteiger partial charge in [-0.2, -0.15) is 5.10 Å². The molecule has 0 radical (unpaired) electrons. The van der Waals surface area contributed by atoms with Crippen LogP contribution in [-0.4, -0.2) is 25.1 Å². The molecular formula is C23H22N4O4. The number of aromatic nitrogens is 4. The van der Waals surface area contributed by atoms with E-state index < -0.39 is 5.97 Å². The van der Waals surface area contributed by atoms with Gasteiger partial charge in [0.1, 0.15) is 12.3 Å². The Morgan fingerprint density at radius 1 is 1.06 bits per heavy atom. The van der Waals surface area contributed by atoms with Crippen LogP contribution >= 0.6 is 0 Å².